The Morgan fingerprint density at radius 3 is 2.12 bits per heavy atom. The second-order valence-electron chi connectivity index (χ2n) is 7.88. The van der Waals surface area contributed by atoms with Gasteiger partial charge in [0.1, 0.15) is 0 Å². The van der Waals surface area contributed by atoms with E-state index in [0.717, 1.165) is 11.8 Å². The zero-order valence-corrected chi connectivity index (χ0v) is 12.4. The van der Waals surface area contributed by atoms with Crippen LogP contribution in [-0.2, 0) is 4.74 Å². The first-order chi connectivity index (χ1) is 7.78. The monoisotopic (exact) mass is 238 g/mol. The summed E-state index contributed by atoms with van der Waals surface area (Å²) in [6.07, 6.45) is 8.77. The number of hydrogen-bond acceptors (Lipinski definition) is 1. The van der Waals surface area contributed by atoms with Crippen molar-refractivity contribution in [1.29, 1.82) is 0 Å². The molecule has 2 aliphatic carbocycles. The van der Waals surface area contributed by atoms with Crippen LogP contribution >= 0.6 is 0 Å². The third-order valence-electron chi connectivity index (χ3n) is 5.01. The molecule has 0 saturated heterocycles. The van der Waals surface area contributed by atoms with Crippen LogP contribution in [0.1, 0.15) is 73.1 Å². The zero-order valence-electron chi connectivity index (χ0n) is 12.4. The Kier molecular flexibility index (Phi) is 3.60. The topological polar surface area (TPSA) is 9.23 Å². The molecule has 2 aliphatic rings. The molecule has 17 heavy (non-hydrogen) atoms. The van der Waals surface area contributed by atoms with Gasteiger partial charge in [0.05, 0.1) is 11.7 Å². The molecule has 0 radical (unpaired) electrons. The molecule has 2 bridgehead atoms. The van der Waals surface area contributed by atoms with Gasteiger partial charge in [-0.05, 0) is 50.4 Å². The second kappa shape index (κ2) is 4.57. The Hall–Kier alpha value is -0.0400. The van der Waals surface area contributed by atoms with E-state index in [-0.39, 0.29) is 11.0 Å². The van der Waals surface area contributed by atoms with Crippen molar-refractivity contribution in [2.45, 2.75) is 84.8 Å². The molecule has 2 rings (SSSR count). The zero-order chi connectivity index (χ0) is 12.7. The summed E-state index contributed by atoms with van der Waals surface area (Å²) in [6.45, 7) is 11.5. The van der Waals surface area contributed by atoms with Gasteiger partial charge in [-0.25, -0.2) is 0 Å². The first-order valence-corrected chi connectivity index (χ1v) is 7.46. The highest BCUT2D eigenvalue weighted by Crippen LogP contribution is 2.47. The molecule has 0 N–H and O–H groups in total. The summed E-state index contributed by atoms with van der Waals surface area (Å²) in [7, 11) is 0. The SMILES string of the molecule is CC(OC1(C)CC2CCCC(C2)C1)C(C)(C)C. The van der Waals surface area contributed by atoms with Gasteiger partial charge in [-0.3, -0.25) is 0 Å². The van der Waals surface area contributed by atoms with Crippen molar-refractivity contribution in [1.82, 2.24) is 0 Å². The van der Waals surface area contributed by atoms with Gasteiger partial charge in [0.15, 0.2) is 0 Å². The Bertz CT molecular complexity index is 251. The van der Waals surface area contributed by atoms with Gasteiger partial charge in [-0.2, -0.15) is 0 Å². The molecule has 3 unspecified atom stereocenters. The van der Waals surface area contributed by atoms with Crippen LogP contribution < -0.4 is 0 Å². The first kappa shape index (κ1) is 13.4. The Balaban J connectivity index is 1.99. The molecule has 0 aromatic carbocycles. The highest BCUT2D eigenvalue weighted by Gasteiger charge is 2.41. The Morgan fingerprint density at radius 2 is 1.65 bits per heavy atom. The standard InChI is InChI=1S/C16H30O/c1-12(15(2,3)4)17-16(5)10-13-7-6-8-14(9-13)11-16/h12-14H,6-11H2,1-5H3. The third-order valence-corrected chi connectivity index (χ3v) is 5.01. The van der Waals surface area contributed by atoms with Crippen LogP contribution in [0.3, 0.4) is 0 Å². The fourth-order valence-electron chi connectivity index (χ4n) is 3.78. The maximum Gasteiger partial charge on any atom is 0.0663 e. The molecule has 0 amide bonds. The van der Waals surface area contributed by atoms with E-state index in [1.807, 2.05) is 0 Å². The van der Waals surface area contributed by atoms with Gasteiger partial charge in [0.25, 0.3) is 0 Å². The minimum Gasteiger partial charge on any atom is -0.372 e. The summed E-state index contributed by atoms with van der Waals surface area (Å²) < 4.78 is 6.48. The number of rotatable bonds is 2. The smallest absolute Gasteiger partial charge is 0.0663 e. The van der Waals surface area contributed by atoms with E-state index in [1.165, 1.54) is 38.5 Å². The van der Waals surface area contributed by atoms with Crippen LogP contribution in [0.25, 0.3) is 0 Å². The average molecular weight is 238 g/mol. The van der Waals surface area contributed by atoms with E-state index in [1.54, 1.807) is 0 Å². The van der Waals surface area contributed by atoms with E-state index in [9.17, 15) is 0 Å². The number of fused-ring (bicyclic) bond motifs is 2. The highest BCUT2D eigenvalue weighted by molar-refractivity contribution is 4.92. The molecule has 1 nitrogen and oxygen atoms in total. The van der Waals surface area contributed by atoms with Crippen molar-refractivity contribution in [3.05, 3.63) is 0 Å². The lowest BCUT2D eigenvalue weighted by Crippen LogP contribution is -2.45. The van der Waals surface area contributed by atoms with Gasteiger partial charge in [0, 0.05) is 0 Å². The van der Waals surface area contributed by atoms with Crippen LogP contribution in [0, 0.1) is 17.3 Å². The summed E-state index contributed by atoms with van der Waals surface area (Å²) in [4.78, 5) is 0. The lowest BCUT2D eigenvalue weighted by molar-refractivity contribution is -0.152. The van der Waals surface area contributed by atoms with Gasteiger partial charge in [0.2, 0.25) is 0 Å². The van der Waals surface area contributed by atoms with Gasteiger partial charge in [-0.1, -0.05) is 40.0 Å². The minimum absolute atomic E-state index is 0.153. The summed E-state index contributed by atoms with van der Waals surface area (Å²) in [5, 5.41) is 0. The molecule has 3 atom stereocenters. The minimum atomic E-state index is 0.153. The Morgan fingerprint density at radius 1 is 1.12 bits per heavy atom. The van der Waals surface area contributed by atoms with Crippen LogP contribution in [0.4, 0.5) is 0 Å². The van der Waals surface area contributed by atoms with E-state index >= 15 is 0 Å². The maximum atomic E-state index is 6.48. The Labute approximate surface area is 107 Å². The van der Waals surface area contributed by atoms with Crippen LogP contribution in [0.2, 0.25) is 0 Å². The predicted octanol–water partition coefficient (Wildman–Crippen LogP) is 4.80. The van der Waals surface area contributed by atoms with Crippen molar-refractivity contribution in [2.24, 2.45) is 17.3 Å². The van der Waals surface area contributed by atoms with E-state index in [2.05, 4.69) is 34.6 Å². The fourth-order valence-corrected chi connectivity index (χ4v) is 3.78. The fraction of sp³-hybridized carbons (Fsp3) is 1.00. The molecular formula is C16H30O. The summed E-state index contributed by atoms with van der Waals surface area (Å²) in [5.41, 5.74) is 0.413. The summed E-state index contributed by atoms with van der Waals surface area (Å²) in [6, 6.07) is 0. The molecular weight excluding hydrogens is 208 g/mol. The lowest BCUT2D eigenvalue weighted by Gasteiger charge is -2.47. The molecule has 0 aromatic heterocycles. The van der Waals surface area contributed by atoms with E-state index < -0.39 is 0 Å². The van der Waals surface area contributed by atoms with Gasteiger partial charge >= 0.3 is 0 Å². The van der Waals surface area contributed by atoms with Gasteiger partial charge in [-0.15, -0.1) is 0 Å². The predicted molar refractivity (Wildman–Crippen MR) is 73.1 cm³/mol. The number of hydrogen-bond donors (Lipinski definition) is 0. The largest absolute Gasteiger partial charge is 0.372 e. The first-order valence-electron chi connectivity index (χ1n) is 7.46. The molecule has 0 aromatic rings. The van der Waals surface area contributed by atoms with E-state index in [4.69, 9.17) is 4.74 Å². The van der Waals surface area contributed by atoms with Crippen molar-refractivity contribution in [3.63, 3.8) is 0 Å². The number of ether oxygens (including phenoxy) is 1. The van der Waals surface area contributed by atoms with Crippen molar-refractivity contribution >= 4 is 0 Å². The second-order valence-corrected chi connectivity index (χ2v) is 7.88. The third kappa shape index (κ3) is 3.24. The quantitative estimate of drug-likeness (QED) is 0.671. The molecule has 1 heteroatoms. The molecule has 0 aliphatic heterocycles. The average Bonchev–Trinajstić information content (AvgIpc) is 2.14. The van der Waals surface area contributed by atoms with Crippen LogP contribution in [0.15, 0.2) is 0 Å². The molecule has 0 spiro atoms. The normalized spacial score (nSPS) is 40.1. The van der Waals surface area contributed by atoms with Crippen LogP contribution in [0.5, 0.6) is 0 Å². The van der Waals surface area contributed by atoms with Crippen molar-refractivity contribution < 1.29 is 4.74 Å². The summed E-state index contributed by atoms with van der Waals surface area (Å²) >= 11 is 0. The van der Waals surface area contributed by atoms with Crippen molar-refractivity contribution in [2.75, 3.05) is 0 Å². The summed E-state index contributed by atoms with van der Waals surface area (Å²) in [5.74, 6) is 1.89. The van der Waals surface area contributed by atoms with E-state index in [0.29, 0.717) is 6.10 Å². The molecule has 2 fully saturated rings. The molecule has 100 valence electrons. The highest BCUT2D eigenvalue weighted by atomic mass is 16.5. The van der Waals surface area contributed by atoms with Gasteiger partial charge < -0.3 is 4.74 Å². The molecule has 0 heterocycles. The maximum absolute atomic E-state index is 6.48. The lowest BCUT2D eigenvalue weighted by atomic mass is 9.66. The van der Waals surface area contributed by atoms with Crippen LogP contribution in [-0.4, -0.2) is 11.7 Å². The van der Waals surface area contributed by atoms with Crippen molar-refractivity contribution in [3.8, 4) is 0 Å². The molecule has 2 saturated carbocycles.